The molecule has 180 valence electrons. The van der Waals surface area contributed by atoms with E-state index in [1.165, 1.54) is 15.8 Å². The van der Waals surface area contributed by atoms with E-state index in [4.69, 9.17) is 0 Å². The van der Waals surface area contributed by atoms with Crippen LogP contribution in [0.5, 0.6) is 0 Å². The lowest BCUT2D eigenvalue weighted by Crippen LogP contribution is -2.36. The van der Waals surface area contributed by atoms with E-state index in [2.05, 4.69) is 15.3 Å². The van der Waals surface area contributed by atoms with Gasteiger partial charge in [-0.2, -0.15) is 0 Å². The topological polar surface area (TPSA) is 118 Å². The molecule has 0 saturated carbocycles. The van der Waals surface area contributed by atoms with Crippen LogP contribution in [-0.2, 0) is 16.1 Å². The predicted octanol–water partition coefficient (Wildman–Crippen LogP) is 3.35. The molecule has 0 radical (unpaired) electrons. The molecular weight excluding hydrogens is 434 g/mol. The predicted molar refractivity (Wildman–Crippen MR) is 129 cm³/mol. The first-order chi connectivity index (χ1) is 16.5. The van der Waals surface area contributed by atoms with Gasteiger partial charge in [-0.05, 0) is 31.9 Å². The highest BCUT2D eigenvalue weighted by molar-refractivity contribution is 6.02. The summed E-state index contributed by atoms with van der Waals surface area (Å²) < 4.78 is 1.35. The first-order valence-electron chi connectivity index (χ1n) is 11.7. The highest BCUT2D eigenvalue weighted by Crippen LogP contribution is 2.25. The SMILES string of the molecule is CC(=O)CCCCCCCC(=O)c1cn(CC(=O)N(CCO)c2cccc3cccnc23)nn1. The van der Waals surface area contributed by atoms with E-state index < -0.39 is 0 Å². The number of carbonyl (C=O) groups excluding carboxylic acids is 3. The fraction of sp³-hybridized carbons (Fsp3) is 0.440. The van der Waals surface area contributed by atoms with Gasteiger partial charge in [-0.25, -0.2) is 4.68 Å². The number of unbranched alkanes of at least 4 members (excludes halogenated alkanes) is 4. The molecule has 0 aliphatic rings. The second kappa shape index (κ2) is 12.7. The van der Waals surface area contributed by atoms with Crippen LogP contribution in [0.15, 0.2) is 42.7 Å². The molecule has 0 unspecified atom stereocenters. The van der Waals surface area contributed by atoms with Gasteiger partial charge in [0.25, 0.3) is 0 Å². The van der Waals surface area contributed by atoms with Gasteiger partial charge in [0.1, 0.15) is 18.0 Å². The zero-order chi connectivity index (χ0) is 24.3. The smallest absolute Gasteiger partial charge is 0.248 e. The summed E-state index contributed by atoms with van der Waals surface area (Å²) in [6.07, 6.45) is 8.70. The molecule has 3 aromatic rings. The van der Waals surface area contributed by atoms with E-state index >= 15 is 0 Å². The van der Waals surface area contributed by atoms with Gasteiger partial charge in [-0.15, -0.1) is 5.10 Å². The summed E-state index contributed by atoms with van der Waals surface area (Å²) in [6.45, 7) is 1.40. The number of benzene rings is 1. The number of Topliss-reactive ketones (excluding diaryl/α,β-unsaturated/α-hetero) is 2. The van der Waals surface area contributed by atoms with Gasteiger partial charge in [0.2, 0.25) is 5.91 Å². The third-order valence-electron chi connectivity index (χ3n) is 5.58. The number of aliphatic hydroxyl groups is 1. The number of anilines is 1. The lowest BCUT2D eigenvalue weighted by atomic mass is 10.1. The number of para-hydroxylation sites is 1. The Balaban J connectivity index is 1.56. The number of hydrogen-bond acceptors (Lipinski definition) is 7. The van der Waals surface area contributed by atoms with Crippen molar-refractivity contribution in [3.63, 3.8) is 0 Å². The van der Waals surface area contributed by atoms with Crippen molar-refractivity contribution in [1.82, 2.24) is 20.0 Å². The molecule has 0 spiro atoms. The Hall–Kier alpha value is -3.46. The molecule has 34 heavy (non-hydrogen) atoms. The second-order valence-electron chi connectivity index (χ2n) is 8.32. The molecule has 0 saturated heterocycles. The summed E-state index contributed by atoms with van der Waals surface area (Å²) in [6, 6.07) is 9.28. The van der Waals surface area contributed by atoms with Crippen molar-refractivity contribution in [3.8, 4) is 0 Å². The Labute approximate surface area is 198 Å². The molecule has 9 heteroatoms. The molecule has 0 bridgehead atoms. The zero-order valence-electron chi connectivity index (χ0n) is 19.5. The Morgan fingerprint density at radius 3 is 2.50 bits per heavy atom. The van der Waals surface area contributed by atoms with E-state index in [0.717, 1.165) is 37.5 Å². The fourth-order valence-electron chi connectivity index (χ4n) is 3.83. The number of pyridine rings is 1. The van der Waals surface area contributed by atoms with Crippen LogP contribution in [0.4, 0.5) is 5.69 Å². The van der Waals surface area contributed by atoms with Crippen LogP contribution in [0.25, 0.3) is 10.9 Å². The summed E-state index contributed by atoms with van der Waals surface area (Å²) in [4.78, 5) is 42.3. The number of ketones is 2. The summed E-state index contributed by atoms with van der Waals surface area (Å²) >= 11 is 0. The minimum Gasteiger partial charge on any atom is -0.395 e. The van der Waals surface area contributed by atoms with E-state index in [9.17, 15) is 19.5 Å². The third-order valence-corrected chi connectivity index (χ3v) is 5.58. The Morgan fingerprint density at radius 2 is 1.74 bits per heavy atom. The summed E-state index contributed by atoms with van der Waals surface area (Å²) in [5.74, 6) is -0.181. The van der Waals surface area contributed by atoms with Crippen LogP contribution in [0, 0.1) is 0 Å². The highest BCUT2D eigenvalue weighted by atomic mass is 16.3. The van der Waals surface area contributed by atoms with Crippen molar-refractivity contribution in [2.75, 3.05) is 18.1 Å². The molecular formula is C25H31N5O4. The number of aromatic nitrogens is 4. The number of fused-ring (bicyclic) bond motifs is 1. The van der Waals surface area contributed by atoms with Crippen molar-refractivity contribution in [1.29, 1.82) is 0 Å². The van der Waals surface area contributed by atoms with Crippen molar-refractivity contribution >= 4 is 34.1 Å². The molecule has 2 aromatic heterocycles. The fourth-order valence-corrected chi connectivity index (χ4v) is 3.83. The van der Waals surface area contributed by atoms with Gasteiger partial charge in [0.05, 0.1) is 24.0 Å². The second-order valence-corrected chi connectivity index (χ2v) is 8.32. The van der Waals surface area contributed by atoms with Gasteiger partial charge in [-0.3, -0.25) is 14.6 Å². The normalized spacial score (nSPS) is 11.0. The summed E-state index contributed by atoms with van der Waals surface area (Å²) in [5.41, 5.74) is 1.52. The zero-order valence-corrected chi connectivity index (χ0v) is 19.5. The van der Waals surface area contributed by atoms with Crippen molar-refractivity contribution in [2.24, 2.45) is 0 Å². The van der Waals surface area contributed by atoms with Gasteiger partial charge in [0, 0.05) is 31.0 Å². The van der Waals surface area contributed by atoms with Crippen LogP contribution in [0.1, 0.15) is 62.4 Å². The standard InChI is InChI=1S/C25H31N5O4/c1-19(32)9-5-3-2-4-6-13-23(33)21-17-29(28-27-21)18-24(34)30(15-16-31)22-12-7-10-20-11-8-14-26-25(20)22/h7-8,10-12,14,17,31H,2-6,9,13,15-16,18H2,1H3. The summed E-state index contributed by atoms with van der Waals surface area (Å²) in [7, 11) is 0. The van der Waals surface area contributed by atoms with Crippen molar-refractivity contribution in [2.45, 2.75) is 58.4 Å². The van der Waals surface area contributed by atoms with Gasteiger partial charge in [-0.1, -0.05) is 42.7 Å². The Bertz CT molecular complexity index is 1120. The molecule has 9 nitrogen and oxygen atoms in total. The van der Waals surface area contributed by atoms with Crippen LogP contribution < -0.4 is 4.90 Å². The molecule has 2 heterocycles. The third kappa shape index (κ3) is 7.02. The largest absolute Gasteiger partial charge is 0.395 e. The lowest BCUT2D eigenvalue weighted by molar-refractivity contribution is -0.119. The molecule has 0 aliphatic heterocycles. The van der Waals surface area contributed by atoms with Crippen molar-refractivity contribution in [3.05, 3.63) is 48.4 Å². The van der Waals surface area contributed by atoms with E-state index in [0.29, 0.717) is 24.0 Å². The van der Waals surface area contributed by atoms with E-state index in [-0.39, 0.29) is 42.9 Å². The van der Waals surface area contributed by atoms with Gasteiger partial charge >= 0.3 is 0 Å². The monoisotopic (exact) mass is 465 g/mol. The van der Waals surface area contributed by atoms with Gasteiger partial charge in [0.15, 0.2) is 5.78 Å². The molecule has 1 amide bonds. The maximum Gasteiger partial charge on any atom is 0.248 e. The Morgan fingerprint density at radius 1 is 1.00 bits per heavy atom. The van der Waals surface area contributed by atoms with Gasteiger partial charge < -0.3 is 14.8 Å². The maximum absolute atomic E-state index is 13.1. The number of amides is 1. The number of aliphatic hydroxyl groups excluding tert-OH is 1. The van der Waals surface area contributed by atoms with Crippen LogP contribution in [0.3, 0.4) is 0 Å². The number of carbonyl (C=O) groups is 3. The molecule has 1 aromatic carbocycles. The first-order valence-corrected chi connectivity index (χ1v) is 11.7. The minimum atomic E-state index is -0.290. The average molecular weight is 466 g/mol. The minimum absolute atomic E-state index is 0.104. The molecule has 3 rings (SSSR count). The lowest BCUT2D eigenvalue weighted by Gasteiger charge is -2.22. The quantitative estimate of drug-likeness (QED) is 0.286. The summed E-state index contributed by atoms with van der Waals surface area (Å²) in [5, 5.41) is 18.3. The molecule has 0 atom stereocenters. The number of nitrogens with zero attached hydrogens (tertiary/aromatic N) is 5. The molecule has 0 fully saturated rings. The Kier molecular flexibility index (Phi) is 9.40. The van der Waals surface area contributed by atoms with E-state index in [1.807, 2.05) is 24.3 Å². The van der Waals surface area contributed by atoms with Crippen LogP contribution in [0.2, 0.25) is 0 Å². The van der Waals surface area contributed by atoms with Crippen LogP contribution in [-0.4, -0.2) is 55.7 Å². The molecule has 0 aliphatic carbocycles. The number of rotatable bonds is 14. The highest BCUT2D eigenvalue weighted by Gasteiger charge is 2.20. The average Bonchev–Trinajstić information content (AvgIpc) is 3.30. The maximum atomic E-state index is 13.1. The first kappa shape index (κ1) is 25.2. The number of hydrogen-bond donors (Lipinski definition) is 1. The van der Waals surface area contributed by atoms with Crippen LogP contribution >= 0.6 is 0 Å². The van der Waals surface area contributed by atoms with E-state index in [1.54, 1.807) is 19.2 Å². The van der Waals surface area contributed by atoms with Crippen molar-refractivity contribution < 1.29 is 19.5 Å². The molecule has 1 N–H and O–H groups in total.